The first-order valence-corrected chi connectivity index (χ1v) is 13.4. The van der Waals surface area contributed by atoms with E-state index in [1.807, 2.05) is 73.4 Å². The fourth-order valence-corrected chi connectivity index (χ4v) is 5.90. The van der Waals surface area contributed by atoms with Crippen molar-refractivity contribution >= 4 is 54.9 Å². The van der Waals surface area contributed by atoms with Gasteiger partial charge in [-0.1, -0.05) is 30.3 Å². The van der Waals surface area contributed by atoms with Crippen molar-refractivity contribution < 1.29 is 4.74 Å². The van der Waals surface area contributed by atoms with Gasteiger partial charge in [-0.3, -0.25) is 13.8 Å². The smallest absolute Gasteiger partial charge is 0.146 e. The predicted octanol–water partition coefficient (Wildman–Crippen LogP) is 7.84. The second kappa shape index (κ2) is 8.34. The summed E-state index contributed by atoms with van der Waals surface area (Å²) < 4.78 is 10.6. The molecule has 7 heteroatoms. The Morgan fingerprint density at radius 1 is 0.512 bits per heavy atom. The molecular formula is C34H20N6O. The monoisotopic (exact) mass is 528 g/mol. The SMILES string of the molecule is c1ccc(-c2ccc3c4ccc(Oc5ccc6c(c5)c5nccn5c5cccnc65)cc4c4nccn4c3n2)cc1. The molecule has 192 valence electrons. The van der Waals surface area contributed by atoms with Gasteiger partial charge in [-0.25, -0.2) is 15.0 Å². The van der Waals surface area contributed by atoms with Gasteiger partial charge in [0.15, 0.2) is 0 Å². The van der Waals surface area contributed by atoms with Crippen LogP contribution >= 0.6 is 0 Å². The molecule has 0 aliphatic carbocycles. The number of nitrogens with zero attached hydrogens (tertiary/aromatic N) is 6. The lowest BCUT2D eigenvalue weighted by Crippen LogP contribution is -1.96. The third-order valence-electron chi connectivity index (χ3n) is 7.75. The second-order valence-electron chi connectivity index (χ2n) is 10.1. The minimum Gasteiger partial charge on any atom is -0.457 e. The van der Waals surface area contributed by atoms with E-state index in [1.54, 1.807) is 0 Å². The lowest BCUT2D eigenvalue weighted by Gasteiger charge is -2.12. The van der Waals surface area contributed by atoms with E-state index >= 15 is 0 Å². The molecular weight excluding hydrogens is 508 g/mol. The Balaban J connectivity index is 1.18. The van der Waals surface area contributed by atoms with E-state index in [2.05, 4.69) is 67.3 Å². The molecule has 9 rings (SSSR count). The van der Waals surface area contributed by atoms with Crippen LogP contribution in [0.2, 0.25) is 0 Å². The molecule has 41 heavy (non-hydrogen) atoms. The summed E-state index contributed by atoms with van der Waals surface area (Å²) >= 11 is 0. The zero-order chi connectivity index (χ0) is 26.9. The van der Waals surface area contributed by atoms with Gasteiger partial charge in [-0.2, -0.15) is 0 Å². The van der Waals surface area contributed by atoms with E-state index in [1.165, 1.54) is 0 Å². The molecule has 0 atom stereocenters. The maximum absolute atomic E-state index is 6.44. The van der Waals surface area contributed by atoms with Crippen molar-refractivity contribution in [2.75, 3.05) is 0 Å². The lowest BCUT2D eigenvalue weighted by molar-refractivity contribution is 0.484. The number of hydrogen-bond acceptors (Lipinski definition) is 5. The summed E-state index contributed by atoms with van der Waals surface area (Å²) in [6, 6.07) is 30.7. The van der Waals surface area contributed by atoms with Crippen molar-refractivity contribution in [3.8, 4) is 22.8 Å². The zero-order valence-corrected chi connectivity index (χ0v) is 21.6. The Morgan fingerprint density at radius 2 is 1.22 bits per heavy atom. The molecule has 0 saturated carbocycles. The van der Waals surface area contributed by atoms with Crippen molar-refractivity contribution in [3.05, 3.63) is 122 Å². The largest absolute Gasteiger partial charge is 0.457 e. The van der Waals surface area contributed by atoms with Crippen LogP contribution in [0.4, 0.5) is 0 Å². The van der Waals surface area contributed by atoms with Crippen LogP contribution in [0.25, 0.3) is 66.2 Å². The summed E-state index contributed by atoms with van der Waals surface area (Å²) in [5.74, 6) is 1.46. The zero-order valence-electron chi connectivity index (χ0n) is 21.6. The molecule has 0 N–H and O–H groups in total. The molecule has 9 aromatic rings. The second-order valence-corrected chi connectivity index (χ2v) is 10.1. The lowest BCUT2D eigenvalue weighted by atomic mass is 10.1. The quantitative estimate of drug-likeness (QED) is 0.219. The minimum absolute atomic E-state index is 0.728. The Bertz CT molecular complexity index is 2460. The molecule has 0 fully saturated rings. The molecule has 3 aromatic carbocycles. The van der Waals surface area contributed by atoms with Gasteiger partial charge >= 0.3 is 0 Å². The number of benzene rings is 3. The summed E-state index contributed by atoms with van der Waals surface area (Å²) in [7, 11) is 0. The summed E-state index contributed by atoms with van der Waals surface area (Å²) in [4.78, 5) is 19.0. The molecule has 0 bridgehead atoms. The van der Waals surface area contributed by atoms with Gasteiger partial charge < -0.3 is 4.74 Å². The average molecular weight is 529 g/mol. The Hall–Kier alpha value is -5.82. The van der Waals surface area contributed by atoms with Gasteiger partial charge in [-0.15, -0.1) is 0 Å². The first-order chi connectivity index (χ1) is 20.3. The van der Waals surface area contributed by atoms with Gasteiger partial charge in [0.1, 0.15) is 28.4 Å². The van der Waals surface area contributed by atoms with Crippen molar-refractivity contribution in [1.29, 1.82) is 0 Å². The molecule has 6 aromatic heterocycles. The number of ether oxygens (including phenoxy) is 1. The van der Waals surface area contributed by atoms with Crippen LogP contribution in [0.15, 0.2) is 122 Å². The number of rotatable bonds is 3. The fraction of sp³-hybridized carbons (Fsp3) is 0. The topological polar surface area (TPSA) is 69.6 Å². The highest BCUT2D eigenvalue weighted by atomic mass is 16.5. The summed E-state index contributed by atoms with van der Waals surface area (Å²) in [6.07, 6.45) is 9.38. The molecule has 0 aliphatic rings. The minimum atomic E-state index is 0.728. The van der Waals surface area contributed by atoms with Crippen molar-refractivity contribution in [2.45, 2.75) is 0 Å². The summed E-state index contributed by atoms with van der Waals surface area (Å²) in [5, 5.41) is 5.16. The van der Waals surface area contributed by atoms with Gasteiger partial charge in [0.2, 0.25) is 0 Å². The van der Waals surface area contributed by atoms with Crippen LogP contribution in [-0.2, 0) is 0 Å². The normalized spacial score (nSPS) is 11.9. The molecule has 7 nitrogen and oxygen atoms in total. The van der Waals surface area contributed by atoms with Crippen LogP contribution in [0.5, 0.6) is 11.5 Å². The van der Waals surface area contributed by atoms with Crippen molar-refractivity contribution in [2.24, 2.45) is 0 Å². The third kappa shape index (κ3) is 3.26. The van der Waals surface area contributed by atoms with E-state index in [-0.39, 0.29) is 0 Å². The maximum atomic E-state index is 6.44. The van der Waals surface area contributed by atoms with E-state index in [0.717, 1.165) is 77.7 Å². The van der Waals surface area contributed by atoms with Crippen LogP contribution in [0.3, 0.4) is 0 Å². The molecule has 6 heterocycles. The molecule has 0 saturated heterocycles. The number of pyridine rings is 4. The Morgan fingerprint density at radius 3 is 2.05 bits per heavy atom. The van der Waals surface area contributed by atoms with Gasteiger partial charge in [-0.05, 0) is 66.0 Å². The first kappa shape index (κ1) is 22.0. The highest BCUT2D eigenvalue weighted by Crippen LogP contribution is 2.36. The van der Waals surface area contributed by atoms with Crippen LogP contribution in [0, 0.1) is 0 Å². The summed E-state index contributed by atoms with van der Waals surface area (Å²) in [5.41, 5.74) is 6.55. The van der Waals surface area contributed by atoms with Gasteiger partial charge in [0.05, 0.1) is 16.7 Å². The predicted molar refractivity (Wildman–Crippen MR) is 162 cm³/mol. The van der Waals surface area contributed by atoms with Crippen LogP contribution in [0.1, 0.15) is 0 Å². The Labute approximate surface area is 233 Å². The van der Waals surface area contributed by atoms with Crippen LogP contribution in [-0.4, -0.2) is 28.7 Å². The molecule has 0 amide bonds. The molecule has 0 unspecified atom stereocenters. The number of hydrogen-bond donors (Lipinski definition) is 0. The standard InChI is InChI=1S/C34H20N6O/c1-2-5-21(6-3-1)29-13-12-26-24-10-8-22(19-27(24)33-37-16-18-40(33)34(26)38-29)41-23-9-11-25-28(20-23)32-36-15-17-39(32)30-7-4-14-35-31(25)30/h1-20H. The van der Waals surface area contributed by atoms with E-state index < -0.39 is 0 Å². The van der Waals surface area contributed by atoms with Crippen molar-refractivity contribution in [1.82, 2.24) is 28.7 Å². The third-order valence-corrected chi connectivity index (χ3v) is 7.75. The Kier molecular flexibility index (Phi) is 4.48. The number of aromatic nitrogens is 6. The van der Waals surface area contributed by atoms with E-state index in [4.69, 9.17) is 14.7 Å². The van der Waals surface area contributed by atoms with Crippen molar-refractivity contribution in [3.63, 3.8) is 0 Å². The molecule has 0 spiro atoms. The molecule has 0 radical (unpaired) electrons. The molecule has 0 aliphatic heterocycles. The highest BCUT2D eigenvalue weighted by molar-refractivity contribution is 6.12. The highest BCUT2D eigenvalue weighted by Gasteiger charge is 2.15. The van der Waals surface area contributed by atoms with E-state index in [9.17, 15) is 0 Å². The van der Waals surface area contributed by atoms with Crippen LogP contribution < -0.4 is 4.74 Å². The number of imidazole rings is 2. The number of fused-ring (bicyclic) bond motifs is 12. The maximum Gasteiger partial charge on any atom is 0.146 e. The van der Waals surface area contributed by atoms with E-state index in [0.29, 0.717) is 0 Å². The fourth-order valence-electron chi connectivity index (χ4n) is 5.90. The van der Waals surface area contributed by atoms with Gasteiger partial charge in [0.25, 0.3) is 0 Å². The average Bonchev–Trinajstić information content (AvgIpc) is 3.73. The summed E-state index contributed by atoms with van der Waals surface area (Å²) in [6.45, 7) is 0. The van der Waals surface area contributed by atoms with Gasteiger partial charge in [0, 0.05) is 58.1 Å². The first-order valence-electron chi connectivity index (χ1n) is 13.4.